The molecule has 0 fully saturated rings. The lowest BCUT2D eigenvalue weighted by Crippen LogP contribution is -1.83. The van der Waals surface area contributed by atoms with Gasteiger partial charge in [-0.3, -0.25) is 4.98 Å². The van der Waals surface area contributed by atoms with Crippen molar-refractivity contribution in [1.82, 2.24) is 4.98 Å². The minimum Gasteiger partial charge on any atom is -0.256 e. The van der Waals surface area contributed by atoms with Crippen LogP contribution in [0.25, 0.3) is 22.0 Å². The van der Waals surface area contributed by atoms with Crippen LogP contribution in [0.5, 0.6) is 0 Å². The first kappa shape index (κ1) is 8.94. The molecule has 1 aliphatic carbocycles. The molecule has 0 saturated carbocycles. The molecule has 1 heterocycles. The van der Waals surface area contributed by atoms with Gasteiger partial charge in [0.2, 0.25) is 0 Å². The minimum atomic E-state index is 1.02. The molecule has 0 unspecified atom stereocenters. The molecule has 1 nitrogen and oxygen atoms in total. The zero-order chi connectivity index (χ0) is 11.2. The van der Waals surface area contributed by atoms with E-state index in [9.17, 15) is 0 Å². The summed E-state index contributed by atoms with van der Waals surface area (Å²) >= 11 is 0. The van der Waals surface area contributed by atoms with Gasteiger partial charge in [-0.2, -0.15) is 0 Å². The normalized spacial score (nSPS) is 12.5. The molecule has 2 aromatic carbocycles. The van der Waals surface area contributed by atoms with Gasteiger partial charge in [-0.25, -0.2) is 0 Å². The molecular weight excluding hydrogens is 206 g/mol. The van der Waals surface area contributed by atoms with E-state index in [1.165, 1.54) is 33.2 Å². The standard InChI is InChI=1S/C16H11N/c1-2-6-14-11(4-1)7-8-12-10-13-5-3-9-17-16(13)15(12)14/h1-9H,10H2. The number of aromatic nitrogens is 1. The van der Waals surface area contributed by atoms with E-state index in [4.69, 9.17) is 0 Å². The van der Waals surface area contributed by atoms with Crippen LogP contribution in [0.1, 0.15) is 11.1 Å². The maximum absolute atomic E-state index is 4.55. The van der Waals surface area contributed by atoms with Crippen LogP contribution in [0, 0.1) is 0 Å². The van der Waals surface area contributed by atoms with Crippen LogP contribution in [0.15, 0.2) is 54.7 Å². The average molecular weight is 217 g/mol. The number of nitrogens with zero attached hydrogens (tertiary/aromatic N) is 1. The minimum absolute atomic E-state index is 1.02. The Morgan fingerprint density at radius 2 is 1.76 bits per heavy atom. The summed E-state index contributed by atoms with van der Waals surface area (Å²) in [4.78, 5) is 4.55. The Labute approximate surface area is 99.7 Å². The lowest BCUT2D eigenvalue weighted by atomic mass is 10.0. The summed E-state index contributed by atoms with van der Waals surface area (Å²) in [5.41, 5.74) is 5.24. The number of rotatable bonds is 0. The van der Waals surface area contributed by atoms with Crippen LogP contribution < -0.4 is 0 Å². The predicted molar refractivity (Wildman–Crippen MR) is 70.0 cm³/mol. The summed E-state index contributed by atoms with van der Waals surface area (Å²) in [5, 5.41) is 2.62. The first-order valence-corrected chi connectivity index (χ1v) is 5.88. The molecule has 80 valence electrons. The fraction of sp³-hybridized carbons (Fsp3) is 0.0625. The first-order valence-electron chi connectivity index (χ1n) is 5.88. The second kappa shape index (κ2) is 3.17. The van der Waals surface area contributed by atoms with Gasteiger partial charge >= 0.3 is 0 Å². The molecule has 17 heavy (non-hydrogen) atoms. The molecule has 0 bridgehead atoms. The molecule has 1 heteroatoms. The third-order valence-corrected chi connectivity index (χ3v) is 3.52. The fourth-order valence-corrected chi connectivity index (χ4v) is 2.76. The summed E-state index contributed by atoms with van der Waals surface area (Å²) in [5.74, 6) is 0. The Kier molecular flexibility index (Phi) is 1.67. The molecular formula is C16H11N. The van der Waals surface area contributed by atoms with Crippen molar-refractivity contribution in [1.29, 1.82) is 0 Å². The van der Waals surface area contributed by atoms with Gasteiger partial charge in [-0.1, -0.05) is 42.5 Å². The van der Waals surface area contributed by atoms with E-state index in [1.54, 1.807) is 0 Å². The Bertz CT molecular complexity index is 728. The van der Waals surface area contributed by atoms with Gasteiger partial charge in [0.15, 0.2) is 0 Å². The van der Waals surface area contributed by atoms with Gasteiger partial charge < -0.3 is 0 Å². The number of benzene rings is 2. The van der Waals surface area contributed by atoms with Gasteiger partial charge in [0.25, 0.3) is 0 Å². The van der Waals surface area contributed by atoms with Crippen LogP contribution >= 0.6 is 0 Å². The maximum Gasteiger partial charge on any atom is 0.0746 e. The van der Waals surface area contributed by atoms with E-state index in [0.717, 1.165) is 6.42 Å². The predicted octanol–water partition coefficient (Wildman–Crippen LogP) is 3.81. The Morgan fingerprint density at radius 1 is 0.824 bits per heavy atom. The highest BCUT2D eigenvalue weighted by molar-refractivity contribution is 5.99. The summed E-state index contributed by atoms with van der Waals surface area (Å²) in [6.45, 7) is 0. The third kappa shape index (κ3) is 1.17. The molecule has 3 aromatic rings. The molecule has 1 aromatic heterocycles. The molecule has 1 aliphatic rings. The van der Waals surface area contributed by atoms with Crippen molar-refractivity contribution >= 4 is 10.8 Å². The molecule has 0 N–H and O–H groups in total. The SMILES string of the molecule is c1cnc2c(c1)Cc1ccc3ccccc3c1-2. The molecule has 0 spiro atoms. The summed E-state index contributed by atoms with van der Waals surface area (Å²) in [6.07, 6.45) is 2.90. The zero-order valence-corrected chi connectivity index (χ0v) is 9.35. The van der Waals surface area contributed by atoms with Gasteiger partial charge in [-0.05, 0) is 28.0 Å². The largest absolute Gasteiger partial charge is 0.256 e. The van der Waals surface area contributed by atoms with Crippen LogP contribution in [0.3, 0.4) is 0 Å². The van der Waals surface area contributed by atoms with Crippen molar-refractivity contribution in [3.05, 3.63) is 65.9 Å². The summed E-state index contributed by atoms with van der Waals surface area (Å²) < 4.78 is 0. The highest BCUT2D eigenvalue weighted by atomic mass is 14.7. The van der Waals surface area contributed by atoms with E-state index in [0.29, 0.717) is 0 Å². The van der Waals surface area contributed by atoms with E-state index in [1.807, 2.05) is 12.3 Å². The van der Waals surface area contributed by atoms with Crippen molar-refractivity contribution in [3.63, 3.8) is 0 Å². The maximum atomic E-state index is 4.55. The first-order chi connectivity index (χ1) is 8.43. The highest BCUT2D eigenvalue weighted by Crippen LogP contribution is 2.39. The van der Waals surface area contributed by atoms with E-state index in [2.05, 4.69) is 47.4 Å². The van der Waals surface area contributed by atoms with Crippen molar-refractivity contribution in [3.8, 4) is 11.3 Å². The second-order valence-electron chi connectivity index (χ2n) is 4.51. The smallest absolute Gasteiger partial charge is 0.0746 e. The lowest BCUT2D eigenvalue weighted by molar-refractivity contribution is 1.23. The fourth-order valence-electron chi connectivity index (χ4n) is 2.76. The van der Waals surface area contributed by atoms with Crippen molar-refractivity contribution in [2.75, 3.05) is 0 Å². The lowest BCUT2D eigenvalue weighted by Gasteiger charge is -2.05. The van der Waals surface area contributed by atoms with Crippen molar-refractivity contribution in [2.45, 2.75) is 6.42 Å². The van der Waals surface area contributed by atoms with Crippen LogP contribution in [0.2, 0.25) is 0 Å². The van der Waals surface area contributed by atoms with Crippen LogP contribution in [0.4, 0.5) is 0 Å². The molecule has 0 saturated heterocycles. The van der Waals surface area contributed by atoms with Gasteiger partial charge in [0, 0.05) is 18.2 Å². The topological polar surface area (TPSA) is 12.9 Å². The Balaban J connectivity index is 2.17. The van der Waals surface area contributed by atoms with E-state index in [-0.39, 0.29) is 0 Å². The quantitative estimate of drug-likeness (QED) is 0.436. The van der Waals surface area contributed by atoms with E-state index < -0.39 is 0 Å². The zero-order valence-electron chi connectivity index (χ0n) is 9.35. The Morgan fingerprint density at radius 3 is 2.76 bits per heavy atom. The van der Waals surface area contributed by atoms with Gasteiger partial charge in [-0.15, -0.1) is 0 Å². The van der Waals surface area contributed by atoms with Gasteiger partial charge in [0.1, 0.15) is 0 Å². The molecule has 0 atom stereocenters. The number of fused-ring (bicyclic) bond motifs is 5. The Hall–Kier alpha value is -2.15. The van der Waals surface area contributed by atoms with Gasteiger partial charge in [0.05, 0.1) is 5.69 Å². The second-order valence-corrected chi connectivity index (χ2v) is 4.51. The number of hydrogen-bond donors (Lipinski definition) is 0. The summed E-state index contributed by atoms with van der Waals surface area (Å²) in [7, 11) is 0. The molecule has 0 amide bonds. The number of pyridine rings is 1. The molecule has 0 radical (unpaired) electrons. The average Bonchev–Trinajstić information content (AvgIpc) is 2.77. The van der Waals surface area contributed by atoms with Crippen molar-refractivity contribution < 1.29 is 0 Å². The number of hydrogen-bond acceptors (Lipinski definition) is 1. The highest BCUT2D eigenvalue weighted by Gasteiger charge is 2.20. The van der Waals surface area contributed by atoms with E-state index >= 15 is 0 Å². The third-order valence-electron chi connectivity index (χ3n) is 3.52. The molecule has 4 rings (SSSR count). The monoisotopic (exact) mass is 217 g/mol. The van der Waals surface area contributed by atoms with Crippen LogP contribution in [-0.4, -0.2) is 4.98 Å². The van der Waals surface area contributed by atoms with Crippen LogP contribution in [-0.2, 0) is 6.42 Å². The summed E-state index contributed by atoms with van der Waals surface area (Å²) in [6, 6.07) is 17.2. The van der Waals surface area contributed by atoms with Crippen molar-refractivity contribution in [2.24, 2.45) is 0 Å². The molecule has 0 aliphatic heterocycles.